The van der Waals surface area contributed by atoms with Crippen molar-refractivity contribution in [3.63, 3.8) is 0 Å². The van der Waals surface area contributed by atoms with Crippen molar-refractivity contribution in [2.75, 3.05) is 49.8 Å². The summed E-state index contributed by atoms with van der Waals surface area (Å²) >= 11 is 3.00. The van der Waals surface area contributed by atoms with Crippen LogP contribution in [0.2, 0.25) is 0 Å². The Hall–Kier alpha value is -2.87. The third kappa shape index (κ3) is 5.53. The molecule has 0 spiro atoms. The number of methoxy groups -OCH3 is 2. The molecule has 1 aliphatic heterocycles. The molecule has 0 saturated carbocycles. The Morgan fingerprint density at radius 2 is 1.86 bits per heavy atom. The average Bonchev–Trinajstić information content (AvgIpc) is 3.37. The van der Waals surface area contributed by atoms with Crippen LogP contribution in [0, 0.1) is 10.1 Å². The van der Waals surface area contributed by atoms with Gasteiger partial charge in [-0.15, -0.1) is 11.3 Å². The topological polar surface area (TPSA) is 115 Å². The molecule has 10 nitrogen and oxygen atoms in total. The average molecular weight is 537 g/mol. The zero-order valence-electron chi connectivity index (χ0n) is 19.1. The van der Waals surface area contributed by atoms with E-state index in [4.69, 9.17) is 9.47 Å². The van der Waals surface area contributed by atoms with E-state index in [2.05, 4.69) is 9.88 Å². The molecular weight excluding hydrogens is 512 g/mol. The molecule has 1 aromatic heterocycles. The quantitative estimate of drug-likeness (QED) is 0.296. The highest BCUT2D eigenvalue weighted by atomic mass is 32.2. The van der Waals surface area contributed by atoms with Gasteiger partial charge >= 0.3 is 0 Å². The molecule has 3 aromatic rings. The number of anilines is 1. The van der Waals surface area contributed by atoms with Gasteiger partial charge in [-0.3, -0.25) is 15.0 Å². The van der Waals surface area contributed by atoms with Crippen molar-refractivity contribution in [2.45, 2.75) is 4.90 Å². The molecule has 35 heavy (non-hydrogen) atoms. The van der Waals surface area contributed by atoms with Crippen molar-refractivity contribution in [3.8, 4) is 22.8 Å². The Bertz CT molecular complexity index is 1310. The van der Waals surface area contributed by atoms with E-state index >= 15 is 0 Å². The molecule has 0 N–H and O–H groups in total. The molecule has 0 radical (unpaired) electrons. The molecule has 2 heterocycles. The van der Waals surface area contributed by atoms with E-state index in [1.54, 1.807) is 23.6 Å². The zero-order valence-corrected chi connectivity index (χ0v) is 21.6. The van der Waals surface area contributed by atoms with Crippen LogP contribution in [0.3, 0.4) is 0 Å². The van der Waals surface area contributed by atoms with Gasteiger partial charge in [-0.05, 0) is 12.1 Å². The summed E-state index contributed by atoms with van der Waals surface area (Å²) in [5.41, 5.74) is 0.952. The molecule has 186 valence electrons. The number of nitro groups is 1. The molecule has 1 fully saturated rings. The molecule has 13 heteroatoms. The molecule has 0 amide bonds. The number of nitrogens with zero attached hydrogens (tertiary/aromatic N) is 4. The van der Waals surface area contributed by atoms with E-state index in [-0.39, 0.29) is 22.4 Å². The maximum Gasteiger partial charge on any atom is 0.270 e. The molecule has 2 aromatic carbocycles. The summed E-state index contributed by atoms with van der Waals surface area (Å²) in [4.78, 5) is 17.4. The second-order valence-electron chi connectivity index (χ2n) is 7.56. The molecule has 0 unspecified atom stereocenters. The van der Waals surface area contributed by atoms with Crippen molar-refractivity contribution in [1.29, 1.82) is 0 Å². The second kappa shape index (κ2) is 10.8. The van der Waals surface area contributed by atoms with Crippen LogP contribution >= 0.6 is 23.1 Å². The van der Waals surface area contributed by atoms with E-state index in [9.17, 15) is 18.5 Å². The number of benzene rings is 2. The lowest BCUT2D eigenvalue weighted by molar-refractivity contribution is -0.384. The van der Waals surface area contributed by atoms with Crippen LogP contribution in [-0.4, -0.2) is 68.7 Å². The number of thiazole rings is 1. The first-order valence-corrected chi connectivity index (χ1v) is 14.1. The Labute approximate surface area is 211 Å². The van der Waals surface area contributed by atoms with Crippen LogP contribution in [0.1, 0.15) is 0 Å². The summed E-state index contributed by atoms with van der Waals surface area (Å²) < 4.78 is 39.5. The van der Waals surface area contributed by atoms with Gasteiger partial charge in [0.05, 0.1) is 36.4 Å². The molecule has 1 saturated heterocycles. The van der Waals surface area contributed by atoms with Crippen LogP contribution in [0.15, 0.2) is 52.7 Å². The Balaban J connectivity index is 1.74. The zero-order chi connectivity index (χ0) is 25.0. The van der Waals surface area contributed by atoms with E-state index in [0.717, 1.165) is 24.6 Å². The van der Waals surface area contributed by atoms with E-state index in [1.807, 2.05) is 11.8 Å². The van der Waals surface area contributed by atoms with Gasteiger partial charge in [0.1, 0.15) is 0 Å². The Morgan fingerprint density at radius 1 is 1.11 bits per heavy atom. The Kier molecular flexibility index (Phi) is 7.79. The van der Waals surface area contributed by atoms with Crippen LogP contribution in [0.4, 0.5) is 10.8 Å². The highest BCUT2D eigenvalue weighted by Gasteiger charge is 2.31. The van der Waals surface area contributed by atoms with Gasteiger partial charge in [0.15, 0.2) is 11.5 Å². The lowest BCUT2D eigenvalue weighted by atomic mass is 10.1. The third-order valence-electron chi connectivity index (χ3n) is 5.43. The predicted octanol–water partition coefficient (Wildman–Crippen LogP) is 3.94. The fourth-order valence-electron chi connectivity index (χ4n) is 3.56. The summed E-state index contributed by atoms with van der Waals surface area (Å²) in [5, 5.41) is 13.2. The number of hydrogen-bond acceptors (Lipinski definition) is 10. The van der Waals surface area contributed by atoms with Crippen molar-refractivity contribution in [2.24, 2.45) is 0 Å². The second-order valence-corrected chi connectivity index (χ2v) is 11.5. The molecule has 1 aliphatic rings. The standard InChI is InChI=1S/C22H24N4O6S3/c1-31-20-7-6-18(13-21(20)32-2)35(29,30)25(15-24-8-10-33-11-9-24)22-23-19(14-34-22)16-4-3-5-17(12-16)26(27)28/h3-7,12-14H,8-11,15H2,1-2H3. The van der Waals surface area contributed by atoms with Crippen molar-refractivity contribution in [3.05, 3.63) is 58.0 Å². The monoisotopic (exact) mass is 536 g/mol. The number of ether oxygens (including phenoxy) is 2. The summed E-state index contributed by atoms with van der Waals surface area (Å²) in [6.45, 7) is 1.65. The van der Waals surface area contributed by atoms with E-state index < -0.39 is 14.9 Å². The first kappa shape index (κ1) is 25.2. The summed E-state index contributed by atoms with van der Waals surface area (Å²) in [6.07, 6.45) is 0. The van der Waals surface area contributed by atoms with Crippen LogP contribution < -0.4 is 13.8 Å². The maximum absolute atomic E-state index is 13.8. The highest BCUT2D eigenvalue weighted by Crippen LogP contribution is 2.35. The first-order chi connectivity index (χ1) is 16.8. The summed E-state index contributed by atoms with van der Waals surface area (Å²) in [5.74, 6) is 2.56. The number of sulfonamides is 1. The fourth-order valence-corrected chi connectivity index (χ4v) is 7.00. The minimum absolute atomic E-state index is 0.0497. The smallest absolute Gasteiger partial charge is 0.270 e. The first-order valence-electron chi connectivity index (χ1n) is 10.6. The molecule has 4 rings (SSSR count). The van der Waals surface area contributed by atoms with Gasteiger partial charge in [-0.25, -0.2) is 17.7 Å². The number of thioether (sulfide) groups is 1. The summed E-state index contributed by atoms with van der Waals surface area (Å²) in [6, 6.07) is 10.6. The lowest BCUT2D eigenvalue weighted by Gasteiger charge is -2.32. The maximum atomic E-state index is 13.8. The van der Waals surface area contributed by atoms with Crippen molar-refractivity contribution in [1.82, 2.24) is 9.88 Å². The predicted molar refractivity (Wildman–Crippen MR) is 137 cm³/mol. The normalized spacial score (nSPS) is 14.5. The van der Waals surface area contributed by atoms with Gasteiger partial charge in [-0.1, -0.05) is 12.1 Å². The molecular formula is C22H24N4O6S3. The number of hydrogen-bond donors (Lipinski definition) is 0. The number of rotatable bonds is 9. The van der Waals surface area contributed by atoms with E-state index in [1.165, 1.54) is 54.1 Å². The van der Waals surface area contributed by atoms with Crippen molar-refractivity contribution < 1.29 is 22.8 Å². The fraction of sp³-hybridized carbons (Fsp3) is 0.318. The third-order valence-corrected chi connectivity index (χ3v) is 9.07. The largest absolute Gasteiger partial charge is 0.493 e. The molecule has 0 atom stereocenters. The Morgan fingerprint density at radius 3 is 2.54 bits per heavy atom. The minimum atomic E-state index is -4.01. The van der Waals surface area contributed by atoms with Crippen LogP contribution in [0.5, 0.6) is 11.5 Å². The van der Waals surface area contributed by atoms with Gasteiger partial charge in [-0.2, -0.15) is 11.8 Å². The van der Waals surface area contributed by atoms with Crippen LogP contribution in [0.25, 0.3) is 11.3 Å². The van der Waals surface area contributed by atoms with Gasteiger partial charge < -0.3 is 9.47 Å². The van der Waals surface area contributed by atoms with E-state index in [0.29, 0.717) is 22.8 Å². The minimum Gasteiger partial charge on any atom is -0.493 e. The van der Waals surface area contributed by atoms with Gasteiger partial charge in [0.2, 0.25) is 5.13 Å². The number of nitro benzene ring substituents is 1. The van der Waals surface area contributed by atoms with Crippen LogP contribution in [-0.2, 0) is 10.0 Å². The molecule has 0 bridgehead atoms. The van der Waals surface area contributed by atoms with Crippen molar-refractivity contribution >= 4 is 43.9 Å². The summed E-state index contributed by atoms with van der Waals surface area (Å²) in [7, 11) is -1.08. The van der Waals surface area contributed by atoms with Gasteiger partial charge in [0.25, 0.3) is 15.7 Å². The number of aromatic nitrogens is 1. The highest BCUT2D eigenvalue weighted by molar-refractivity contribution is 7.99. The number of non-ortho nitro benzene ring substituents is 1. The molecule has 0 aliphatic carbocycles. The SMILES string of the molecule is COc1ccc(S(=O)(=O)N(CN2CCSCC2)c2nc(-c3cccc([N+](=O)[O-])c3)cs2)cc1OC. The lowest BCUT2D eigenvalue weighted by Crippen LogP contribution is -2.44. The van der Waals surface area contributed by atoms with Gasteiger partial charge in [0, 0.05) is 53.7 Å².